The third kappa shape index (κ3) is 2.41. The van der Waals surface area contributed by atoms with Gasteiger partial charge >= 0.3 is 0 Å². The molecule has 0 bridgehead atoms. The fourth-order valence-corrected chi connectivity index (χ4v) is 2.66. The van der Waals surface area contributed by atoms with E-state index >= 15 is 0 Å². The van der Waals surface area contributed by atoms with Crippen LogP contribution < -0.4 is 5.32 Å². The summed E-state index contributed by atoms with van der Waals surface area (Å²) in [6, 6.07) is 0.115. The Bertz CT molecular complexity index is 418. The molecule has 0 unspecified atom stereocenters. The van der Waals surface area contributed by atoms with Crippen LogP contribution in [0.2, 0.25) is 0 Å². The second-order valence-electron chi connectivity index (χ2n) is 5.09. The monoisotopic (exact) mass is 250 g/mol. The predicted molar refractivity (Wildman–Crippen MR) is 64.4 cm³/mol. The van der Waals surface area contributed by atoms with Crippen LogP contribution in [-0.2, 0) is 4.74 Å². The summed E-state index contributed by atoms with van der Waals surface area (Å²) in [7, 11) is 0. The Morgan fingerprint density at radius 3 is 2.89 bits per heavy atom. The lowest BCUT2D eigenvalue weighted by Crippen LogP contribution is -2.35. The third-order valence-corrected chi connectivity index (χ3v) is 3.72. The Kier molecular flexibility index (Phi) is 3.32. The lowest BCUT2D eigenvalue weighted by atomic mass is 10.1. The number of carbonyl (C=O) groups excluding carboxylic acids is 1. The first kappa shape index (κ1) is 11.7. The molecule has 1 aliphatic heterocycles. The normalized spacial score (nSPS) is 24.6. The molecule has 0 aromatic carbocycles. The highest BCUT2D eigenvalue weighted by atomic mass is 16.5. The van der Waals surface area contributed by atoms with E-state index in [0.29, 0.717) is 18.2 Å². The lowest BCUT2D eigenvalue weighted by molar-refractivity contribution is 0.0925. The topological polar surface area (TPSA) is 64.4 Å². The summed E-state index contributed by atoms with van der Waals surface area (Å²) in [6.45, 7) is 1.32. The SMILES string of the molecule is O=C(N[C@@H]1CCOC1)c1coc(C2CCCC2)n1. The molecule has 2 heterocycles. The first-order valence-electron chi connectivity index (χ1n) is 6.67. The van der Waals surface area contributed by atoms with Crippen molar-refractivity contribution >= 4 is 5.91 Å². The van der Waals surface area contributed by atoms with Crippen LogP contribution in [0.5, 0.6) is 0 Å². The van der Waals surface area contributed by atoms with Gasteiger partial charge in [-0.2, -0.15) is 0 Å². The van der Waals surface area contributed by atoms with Crippen molar-refractivity contribution < 1.29 is 13.9 Å². The summed E-state index contributed by atoms with van der Waals surface area (Å²) in [5.41, 5.74) is 0.392. The Balaban J connectivity index is 1.62. The Morgan fingerprint density at radius 1 is 1.33 bits per heavy atom. The van der Waals surface area contributed by atoms with Gasteiger partial charge in [-0.05, 0) is 19.3 Å². The molecule has 1 amide bonds. The molecule has 2 fully saturated rings. The molecule has 2 aliphatic rings. The molecular weight excluding hydrogens is 232 g/mol. The highest BCUT2D eigenvalue weighted by Gasteiger charge is 2.25. The molecule has 1 aliphatic carbocycles. The average Bonchev–Trinajstić information content (AvgIpc) is 3.11. The van der Waals surface area contributed by atoms with Crippen LogP contribution in [0.4, 0.5) is 0 Å². The minimum absolute atomic E-state index is 0.115. The molecule has 98 valence electrons. The second kappa shape index (κ2) is 5.10. The molecule has 5 nitrogen and oxygen atoms in total. The number of nitrogens with zero attached hydrogens (tertiary/aromatic N) is 1. The molecule has 1 aromatic rings. The molecule has 18 heavy (non-hydrogen) atoms. The van der Waals surface area contributed by atoms with Gasteiger partial charge in [-0.15, -0.1) is 0 Å². The van der Waals surface area contributed by atoms with Gasteiger partial charge in [-0.25, -0.2) is 4.98 Å². The van der Waals surface area contributed by atoms with Gasteiger partial charge in [0.25, 0.3) is 5.91 Å². The largest absolute Gasteiger partial charge is 0.448 e. The Morgan fingerprint density at radius 2 is 2.17 bits per heavy atom. The number of hydrogen-bond acceptors (Lipinski definition) is 4. The Labute approximate surface area is 106 Å². The maximum atomic E-state index is 11.9. The van der Waals surface area contributed by atoms with Crippen LogP contribution in [0.25, 0.3) is 0 Å². The number of oxazole rings is 1. The maximum absolute atomic E-state index is 11.9. The zero-order valence-corrected chi connectivity index (χ0v) is 10.4. The first-order chi connectivity index (χ1) is 8.83. The molecule has 1 atom stereocenters. The summed E-state index contributed by atoms with van der Waals surface area (Å²) >= 11 is 0. The van der Waals surface area contributed by atoms with Gasteiger partial charge in [-0.1, -0.05) is 12.8 Å². The number of ether oxygens (including phenoxy) is 1. The second-order valence-corrected chi connectivity index (χ2v) is 5.09. The van der Waals surface area contributed by atoms with E-state index in [0.717, 1.165) is 31.8 Å². The highest BCUT2D eigenvalue weighted by Crippen LogP contribution is 2.33. The van der Waals surface area contributed by atoms with E-state index in [1.807, 2.05) is 0 Å². The molecule has 5 heteroatoms. The molecule has 1 aromatic heterocycles. The smallest absolute Gasteiger partial charge is 0.273 e. The van der Waals surface area contributed by atoms with Crippen LogP contribution in [0.1, 0.15) is 54.4 Å². The number of nitrogens with one attached hydrogen (secondary N) is 1. The van der Waals surface area contributed by atoms with Gasteiger partial charge in [0.1, 0.15) is 6.26 Å². The van der Waals surface area contributed by atoms with Crippen molar-refractivity contribution in [3.8, 4) is 0 Å². The van der Waals surface area contributed by atoms with Crippen LogP contribution in [0.3, 0.4) is 0 Å². The van der Waals surface area contributed by atoms with E-state index in [1.165, 1.54) is 19.1 Å². The van der Waals surface area contributed by atoms with Crippen LogP contribution in [0.15, 0.2) is 10.7 Å². The van der Waals surface area contributed by atoms with Gasteiger partial charge in [0.05, 0.1) is 12.6 Å². The first-order valence-corrected chi connectivity index (χ1v) is 6.67. The molecule has 3 rings (SSSR count). The van der Waals surface area contributed by atoms with Crippen molar-refractivity contribution in [1.29, 1.82) is 0 Å². The number of hydrogen-bond donors (Lipinski definition) is 1. The number of aromatic nitrogens is 1. The van der Waals surface area contributed by atoms with Crippen LogP contribution >= 0.6 is 0 Å². The summed E-state index contributed by atoms with van der Waals surface area (Å²) in [6.07, 6.45) is 7.05. The molecule has 0 radical (unpaired) electrons. The predicted octanol–water partition coefficient (Wildman–Crippen LogP) is 1.85. The van der Waals surface area contributed by atoms with Gasteiger partial charge in [0.2, 0.25) is 0 Å². The molecule has 1 N–H and O–H groups in total. The lowest BCUT2D eigenvalue weighted by Gasteiger charge is -2.08. The van der Waals surface area contributed by atoms with Gasteiger partial charge < -0.3 is 14.5 Å². The van der Waals surface area contributed by atoms with E-state index in [9.17, 15) is 4.79 Å². The third-order valence-electron chi connectivity index (χ3n) is 3.72. The summed E-state index contributed by atoms with van der Waals surface area (Å²) < 4.78 is 10.7. The standard InChI is InChI=1S/C13H18N2O3/c16-12(14-10-5-6-17-7-10)11-8-18-13(15-11)9-3-1-2-4-9/h8-10H,1-7H2,(H,14,16)/t10-/m1/s1. The van der Waals surface area contributed by atoms with Gasteiger partial charge in [-0.3, -0.25) is 4.79 Å². The Hall–Kier alpha value is -1.36. The zero-order valence-electron chi connectivity index (χ0n) is 10.4. The van der Waals surface area contributed by atoms with Gasteiger partial charge in [0, 0.05) is 12.5 Å². The summed E-state index contributed by atoms with van der Waals surface area (Å²) in [4.78, 5) is 16.3. The quantitative estimate of drug-likeness (QED) is 0.889. The van der Waals surface area contributed by atoms with Crippen molar-refractivity contribution in [2.45, 2.75) is 44.1 Å². The van der Waals surface area contributed by atoms with Crippen molar-refractivity contribution in [3.05, 3.63) is 17.8 Å². The highest BCUT2D eigenvalue weighted by molar-refractivity contribution is 5.92. The van der Waals surface area contributed by atoms with Crippen molar-refractivity contribution in [2.24, 2.45) is 0 Å². The average molecular weight is 250 g/mol. The van der Waals surface area contributed by atoms with E-state index in [2.05, 4.69) is 10.3 Å². The van der Waals surface area contributed by atoms with Crippen LogP contribution in [-0.4, -0.2) is 30.1 Å². The fourth-order valence-electron chi connectivity index (χ4n) is 2.66. The van der Waals surface area contributed by atoms with E-state index in [-0.39, 0.29) is 11.9 Å². The summed E-state index contributed by atoms with van der Waals surface area (Å²) in [5.74, 6) is 0.972. The number of carbonyl (C=O) groups is 1. The molecular formula is C13H18N2O3. The van der Waals surface area contributed by atoms with Crippen molar-refractivity contribution in [3.63, 3.8) is 0 Å². The van der Waals surface area contributed by atoms with Crippen molar-refractivity contribution in [1.82, 2.24) is 10.3 Å². The minimum Gasteiger partial charge on any atom is -0.448 e. The van der Waals surface area contributed by atoms with E-state index in [1.54, 1.807) is 0 Å². The number of rotatable bonds is 3. The minimum atomic E-state index is -0.154. The molecule has 1 saturated carbocycles. The van der Waals surface area contributed by atoms with E-state index < -0.39 is 0 Å². The zero-order chi connectivity index (χ0) is 12.4. The molecule has 1 saturated heterocycles. The van der Waals surface area contributed by atoms with Crippen LogP contribution in [0, 0.1) is 0 Å². The molecule has 0 spiro atoms. The maximum Gasteiger partial charge on any atom is 0.273 e. The van der Waals surface area contributed by atoms with E-state index in [4.69, 9.17) is 9.15 Å². The number of amides is 1. The fraction of sp³-hybridized carbons (Fsp3) is 0.692. The summed E-state index contributed by atoms with van der Waals surface area (Å²) in [5, 5.41) is 2.91. The van der Waals surface area contributed by atoms with Crippen molar-refractivity contribution in [2.75, 3.05) is 13.2 Å². The van der Waals surface area contributed by atoms with Gasteiger partial charge in [0.15, 0.2) is 11.6 Å².